The van der Waals surface area contributed by atoms with Gasteiger partial charge in [-0.25, -0.2) is 0 Å². The molecule has 9 aromatic rings. The molecule has 0 saturated carbocycles. The summed E-state index contributed by atoms with van der Waals surface area (Å²) in [5.41, 5.74) is 12.1. The van der Waals surface area contributed by atoms with Crippen molar-refractivity contribution in [1.82, 2.24) is 0 Å². The first-order valence-electron chi connectivity index (χ1n) is 26.1. The largest absolute Gasteiger partial charge is 0.378 e. The minimum absolute atomic E-state index is 0.312. The van der Waals surface area contributed by atoms with Gasteiger partial charge < -0.3 is 4.74 Å². The Balaban J connectivity index is 0.000000127. The molecular formula is C69H64B2OZr. The third-order valence-corrected chi connectivity index (χ3v) is 18.0. The molecule has 2 aliphatic carbocycles. The fourth-order valence-corrected chi connectivity index (χ4v) is 14.2. The number of ether oxygens (including phenoxy) is 1. The Bertz CT molecular complexity index is 2610. The van der Waals surface area contributed by atoms with Crippen LogP contribution in [0, 0.1) is 0 Å². The van der Waals surface area contributed by atoms with Crippen molar-refractivity contribution >= 4 is 56.0 Å². The van der Waals surface area contributed by atoms with Crippen LogP contribution in [-0.4, -0.2) is 25.0 Å². The van der Waals surface area contributed by atoms with Gasteiger partial charge in [0.1, 0.15) is 12.3 Å². The summed E-state index contributed by atoms with van der Waals surface area (Å²) in [7, 11) is 0. The fraction of sp³-hybridized carbons (Fsp3) is 0.101. The Morgan fingerprint density at radius 2 is 0.603 bits per heavy atom. The summed E-state index contributed by atoms with van der Waals surface area (Å²) in [6.07, 6.45) is 17.6. The molecule has 3 aliphatic rings. The molecule has 1 atom stereocenters. The second kappa shape index (κ2) is 26.6. The molecule has 0 amide bonds. The molecule has 4 heteroatoms. The predicted molar refractivity (Wildman–Crippen MR) is 313 cm³/mol. The van der Waals surface area contributed by atoms with E-state index in [2.05, 4.69) is 309 Å². The predicted octanol–water partition coefficient (Wildman–Crippen LogP) is 11.3. The Hall–Kier alpha value is -7.09. The summed E-state index contributed by atoms with van der Waals surface area (Å²) in [5.74, 6) is 0. The normalized spacial score (nSPS) is 14.4. The average molecular weight is 1020 g/mol. The smallest absolute Gasteiger partial charge is 0.108 e. The van der Waals surface area contributed by atoms with Crippen LogP contribution in [0.3, 0.4) is 0 Å². The van der Waals surface area contributed by atoms with Crippen molar-refractivity contribution < 1.29 is 28.0 Å². The van der Waals surface area contributed by atoms with Crippen molar-refractivity contribution in [2.45, 2.75) is 38.2 Å². The molecule has 1 aliphatic heterocycles. The molecule has 0 aromatic heterocycles. The zero-order valence-corrected chi connectivity index (χ0v) is 44.3. The van der Waals surface area contributed by atoms with Gasteiger partial charge in [0, 0.05) is 6.61 Å². The van der Waals surface area contributed by atoms with E-state index in [4.69, 9.17) is 4.74 Å². The van der Waals surface area contributed by atoms with E-state index in [-0.39, 0.29) is 23.2 Å². The van der Waals surface area contributed by atoms with Gasteiger partial charge in [0.15, 0.2) is 0 Å². The Morgan fingerprint density at radius 3 is 0.822 bits per heavy atom. The van der Waals surface area contributed by atoms with Gasteiger partial charge in [0.05, 0.1) is 6.10 Å². The second-order valence-electron chi connectivity index (χ2n) is 19.1. The molecule has 1 unspecified atom stereocenters. The van der Waals surface area contributed by atoms with Crippen molar-refractivity contribution in [3.8, 4) is 0 Å². The Morgan fingerprint density at radius 1 is 0.342 bits per heavy atom. The maximum absolute atomic E-state index is 5.56. The molecule has 12 rings (SSSR count). The molecule has 0 radical (unpaired) electrons. The van der Waals surface area contributed by atoms with E-state index in [1.165, 1.54) is 74.9 Å². The van der Waals surface area contributed by atoms with E-state index in [9.17, 15) is 0 Å². The van der Waals surface area contributed by atoms with Gasteiger partial charge in [-0.2, -0.15) is 43.7 Å². The number of hydrogen-bond acceptors (Lipinski definition) is 1. The summed E-state index contributed by atoms with van der Waals surface area (Å²) in [4.78, 5) is 0. The summed E-state index contributed by atoms with van der Waals surface area (Å²) in [6, 6.07) is 97.6. The van der Waals surface area contributed by atoms with Gasteiger partial charge in [-0.05, 0) is 24.8 Å². The van der Waals surface area contributed by atoms with Crippen LogP contribution in [0.4, 0.5) is 0 Å². The van der Waals surface area contributed by atoms with Gasteiger partial charge >= 0.3 is 79.1 Å². The summed E-state index contributed by atoms with van der Waals surface area (Å²) in [6.45, 7) is 0.956. The SMILES string of the molecule is C1=CC[C]([Zr+2][C]2=CC=CC2)=C1.c1ccc(CC2CCCO2)cc1.c1ccc([B-](c2ccccc2)(c2ccccc2)c2ccccc2)cc1.c1ccc([B-](c2ccccc2)(c2ccccc2)c2ccccc2)cc1. The number of benzene rings is 9. The van der Waals surface area contributed by atoms with E-state index in [0.717, 1.165) is 13.0 Å². The first kappa shape index (κ1) is 50.8. The third-order valence-electron chi connectivity index (χ3n) is 14.6. The van der Waals surface area contributed by atoms with Crippen molar-refractivity contribution in [1.29, 1.82) is 0 Å². The molecule has 73 heavy (non-hydrogen) atoms. The Kier molecular flexibility index (Phi) is 18.5. The molecule has 1 saturated heterocycles. The van der Waals surface area contributed by atoms with E-state index in [1.54, 1.807) is 6.56 Å². The molecule has 1 nitrogen and oxygen atoms in total. The summed E-state index contributed by atoms with van der Waals surface area (Å²) >= 11 is -0.312. The summed E-state index contributed by atoms with van der Waals surface area (Å²) < 4.78 is 9.01. The number of rotatable bonds is 12. The van der Waals surface area contributed by atoms with Crippen molar-refractivity contribution in [2.75, 3.05) is 6.61 Å². The molecule has 9 aromatic carbocycles. The van der Waals surface area contributed by atoms with Crippen molar-refractivity contribution in [3.05, 3.63) is 322 Å². The van der Waals surface area contributed by atoms with Crippen molar-refractivity contribution in [3.63, 3.8) is 0 Å². The topological polar surface area (TPSA) is 9.23 Å². The molecule has 356 valence electrons. The minimum atomic E-state index is -1.22. The summed E-state index contributed by atoms with van der Waals surface area (Å²) in [5, 5.41) is 0. The average Bonchev–Trinajstić information content (AvgIpc) is 4.32. The minimum Gasteiger partial charge on any atom is -0.378 e. The zero-order chi connectivity index (χ0) is 49.6. The maximum Gasteiger partial charge on any atom is 0.108 e. The van der Waals surface area contributed by atoms with Crippen LogP contribution in [0.5, 0.6) is 0 Å². The van der Waals surface area contributed by atoms with Crippen LogP contribution in [0.1, 0.15) is 31.2 Å². The molecule has 0 bridgehead atoms. The molecule has 1 heterocycles. The Labute approximate surface area is 447 Å². The number of hydrogen-bond donors (Lipinski definition) is 0. The molecule has 0 N–H and O–H groups in total. The van der Waals surface area contributed by atoms with Crippen LogP contribution in [-0.2, 0) is 34.4 Å². The van der Waals surface area contributed by atoms with E-state index >= 15 is 0 Å². The fourth-order valence-electron chi connectivity index (χ4n) is 11.2. The quantitative estimate of drug-likeness (QED) is 0.111. The molecular weight excluding hydrogens is 958 g/mol. The second-order valence-corrected chi connectivity index (χ2v) is 22.9. The molecule has 1 fully saturated rings. The van der Waals surface area contributed by atoms with E-state index in [0.29, 0.717) is 6.10 Å². The first-order valence-corrected chi connectivity index (χ1v) is 28.6. The van der Waals surface area contributed by atoms with E-state index in [1.807, 2.05) is 0 Å². The van der Waals surface area contributed by atoms with Gasteiger partial charge in [-0.3, -0.25) is 0 Å². The van der Waals surface area contributed by atoms with Crippen LogP contribution < -0.4 is 43.7 Å². The van der Waals surface area contributed by atoms with Gasteiger partial charge in [-0.1, -0.05) is 273 Å². The third kappa shape index (κ3) is 12.8. The van der Waals surface area contributed by atoms with Gasteiger partial charge in [0.2, 0.25) is 0 Å². The maximum atomic E-state index is 5.56. The van der Waals surface area contributed by atoms with Gasteiger partial charge in [-0.15, -0.1) is 0 Å². The standard InChI is InChI=1S/2C24H20B.C11H14O.2C5H5.Zr/c2*1-5-13-21(14-6-1)25(22-15-7-2-8-16-22,23-17-9-3-10-18-23)24-19-11-4-12-20-24;1-2-5-10(6-3-1)9-11-7-4-8-12-11;2*1-2-4-5-3-1;/h2*1-20H;1-3,5-6,11H,4,7-9H2;2*1-3H,4H2;/q2*-1;;;;+2. The monoisotopic (exact) mass is 1020 g/mol. The van der Waals surface area contributed by atoms with Crippen LogP contribution in [0.15, 0.2) is 316 Å². The van der Waals surface area contributed by atoms with Crippen LogP contribution in [0.25, 0.3) is 0 Å². The van der Waals surface area contributed by atoms with Crippen molar-refractivity contribution in [2.24, 2.45) is 0 Å². The number of allylic oxidation sites excluding steroid dienone is 8. The van der Waals surface area contributed by atoms with Crippen LogP contribution >= 0.6 is 0 Å². The first-order chi connectivity index (χ1) is 36.2. The van der Waals surface area contributed by atoms with Crippen LogP contribution in [0.2, 0.25) is 0 Å². The van der Waals surface area contributed by atoms with E-state index < -0.39 is 12.3 Å². The molecule has 0 spiro atoms. The van der Waals surface area contributed by atoms with Gasteiger partial charge in [0.25, 0.3) is 0 Å². The zero-order valence-electron chi connectivity index (χ0n) is 41.8.